The topological polar surface area (TPSA) is 52.6 Å². The summed E-state index contributed by atoms with van der Waals surface area (Å²) < 4.78 is 0. The van der Waals surface area contributed by atoms with E-state index in [0.717, 1.165) is 24.9 Å². The zero-order chi connectivity index (χ0) is 12.8. The van der Waals surface area contributed by atoms with Gasteiger partial charge >= 0.3 is 5.97 Å². The van der Waals surface area contributed by atoms with Crippen LogP contribution in [0.4, 0.5) is 0 Å². The Labute approximate surface area is 104 Å². The van der Waals surface area contributed by atoms with Crippen molar-refractivity contribution >= 4 is 5.97 Å². The van der Waals surface area contributed by atoms with Crippen LogP contribution < -0.4 is 5.32 Å². The van der Waals surface area contributed by atoms with Crippen LogP contribution in [0, 0.1) is 11.8 Å². The van der Waals surface area contributed by atoms with Gasteiger partial charge in [0.1, 0.15) is 6.04 Å². The maximum absolute atomic E-state index is 11.0. The monoisotopic (exact) mass is 242 g/mol. The molecule has 0 saturated carbocycles. The van der Waals surface area contributed by atoms with Crippen molar-refractivity contribution < 1.29 is 9.90 Å². The van der Waals surface area contributed by atoms with Crippen molar-refractivity contribution in [3.63, 3.8) is 0 Å². The summed E-state index contributed by atoms with van der Waals surface area (Å²) in [6.45, 7) is 7.27. The van der Waals surface area contributed by atoms with Crippen molar-refractivity contribution in [2.75, 3.05) is 26.7 Å². The Kier molecular flexibility index (Phi) is 5.92. The predicted octanol–water partition coefficient (Wildman–Crippen LogP) is 1.42. The Morgan fingerprint density at radius 2 is 2.12 bits per heavy atom. The second-order valence-corrected chi connectivity index (χ2v) is 5.42. The van der Waals surface area contributed by atoms with Gasteiger partial charge in [-0.25, -0.2) is 0 Å². The first kappa shape index (κ1) is 14.5. The third kappa shape index (κ3) is 4.64. The molecule has 0 aromatic heterocycles. The van der Waals surface area contributed by atoms with E-state index in [-0.39, 0.29) is 0 Å². The maximum atomic E-state index is 11.0. The highest BCUT2D eigenvalue weighted by atomic mass is 16.4. The van der Waals surface area contributed by atoms with Crippen LogP contribution in [0.5, 0.6) is 0 Å². The Morgan fingerprint density at radius 3 is 2.65 bits per heavy atom. The van der Waals surface area contributed by atoms with Crippen LogP contribution in [0.2, 0.25) is 0 Å². The van der Waals surface area contributed by atoms with E-state index in [9.17, 15) is 4.79 Å². The lowest BCUT2D eigenvalue weighted by atomic mass is 9.89. The molecule has 1 heterocycles. The number of likely N-dealkylation sites (tertiary alicyclic amines) is 1. The number of carbonyl (C=O) groups is 1. The quantitative estimate of drug-likeness (QED) is 0.765. The predicted molar refractivity (Wildman–Crippen MR) is 69.1 cm³/mol. The van der Waals surface area contributed by atoms with Crippen LogP contribution in [-0.4, -0.2) is 48.7 Å². The second kappa shape index (κ2) is 6.97. The summed E-state index contributed by atoms with van der Waals surface area (Å²) in [5.74, 6) is 0.796. The molecule has 4 nitrogen and oxygen atoms in total. The highest BCUT2D eigenvalue weighted by molar-refractivity contribution is 5.73. The molecule has 0 aromatic carbocycles. The molecule has 17 heavy (non-hydrogen) atoms. The van der Waals surface area contributed by atoms with Gasteiger partial charge in [0.15, 0.2) is 0 Å². The van der Waals surface area contributed by atoms with Crippen LogP contribution in [0.3, 0.4) is 0 Å². The van der Waals surface area contributed by atoms with Crippen molar-refractivity contribution in [1.29, 1.82) is 0 Å². The molecule has 2 unspecified atom stereocenters. The standard InChI is InChI=1S/C13H26N2O2/c1-10(2)11-5-4-7-15(8-6-11)9-12(14-3)13(16)17/h10-12,14H,4-9H2,1-3H3,(H,16,17). The molecule has 0 radical (unpaired) electrons. The summed E-state index contributed by atoms with van der Waals surface area (Å²) in [7, 11) is 1.72. The molecule has 0 aromatic rings. The van der Waals surface area contributed by atoms with Crippen LogP contribution in [0.1, 0.15) is 33.1 Å². The number of carboxylic acid groups (broad SMARTS) is 1. The lowest BCUT2D eigenvalue weighted by Gasteiger charge is -2.24. The molecule has 0 spiro atoms. The molecule has 1 aliphatic rings. The molecular formula is C13H26N2O2. The molecule has 100 valence electrons. The fraction of sp³-hybridized carbons (Fsp3) is 0.923. The van der Waals surface area contributed by atoms with E-state index < -0.39 is 12.0 Å². The van der Waals surface area contributed by atoms with Crippen molar-refractivity contribution in [3.05, 3.63) is 0 Å². The number of hydrogen-bond acceptors (Lipinski definition) is 3. The number of carboxylic acids is 1. The van der Waals surface area contributed by atoms with E-state index in [2.05, 4.69) is 24.1 Å². The van der Waals surface area contributed by atoms with E-state index in [0.29, 0.717) is 6.54 Å². The summed E-state index contributed by atoms with van der Waals surface area (Å²) in [4.78, 5) is 13.3. The Hall–Kier alpha value is -0.610. The van der Waals surface area contributed by atoms with Gasteiger partial charge in [-0.05, 0) is 51.2 Å². The fourth-order valence-corrected chi connectivity index (χ4v) is 2.58. The normalized spacial score (nSPS) is 24.6. The lowest BCUT2D eigenvalue weighted by molar-refractivity contribution is -0.139. The summed E-state index contributed by atoms with van der Waals surface area (Å²) in [5.41, 5.74) is 0. The molecule has 1 fully saturated rings. The minimum atomic E-state index is -0.753. The Bertz CT molecular complexity index is 244. The van der Waals surface area contributed by atoms with Gasteiger partial charge in [0.25, 0.3) is 0 Å². The Balaban J connectivity index is 2.43. The zero-order valence-corrected chi connectivity index (χ0v) is 11.3. The van der Waals surface area contributed by atoms with Gasteiger partial charge in [-0.15, -0.1) is 0 Å². The molecular weight excluding hydrogens is 216 g/mol. The number of hydrogen-bond donors (Lipinski definition) is 2. The van der Waals surface area contributed by atoms with Gasteiger partial charge in [-0.2, -0.15) is 0 Å². The molecule has 0 aliphatic carbocycles. The lowest BCUT2D eigenvalue weighted by Crippen LogP contribution is -2.45. The maximum Gasteiger partial charge on any atom is 0.322 e. The van der Waals surface area contributed by atoms with Crippen molar-refractivity contribution in [2.24, 2.45) is 11.8 Å². The second-order valence-electron chi connectivity index (χ2n) is 5.42. The molecule has 2 N–H and O–H groups in total. The first-order valence-corrected chi connectivity index (χ1v) is 6.67. The number of nitrogens with one attached hydrogen (secondary N) is 1. The summed E-state index contributed by atoms with van der Waals surface area (Å²) in [5, 5.41) is 11.9. The molecule has 0 amide bonds. The summed E-state index contributed by atoms with van der Waals surface area (Å²) >= 11 is 0. The van der Waals surface area contributed by atoms with Gasteiger partial charge in [-0.3, -0.25) is 4.79 Å². The van der Waals surface area contributed by atoms with Gasteiger partial charge < -0.3 is 15.3 Å². The van der Waals surface area contributed by atoms with Crippen LogP contribution in [0.25, 0.3) is 0 Å². The van der Waals surface area contributed by atoms with E-state index in [1.807, 2.05) is 0 Å². The van der Waals surface area contributed by atoms with Crippen LogP contribution in [-0.2, 0) is 4.79 Å². The van der Waals surface area contributed by atoms with Gasteiger partial charge in [0.05, 0.1) is 0 Å². The number of likely N-dealkylation sites (N-methyl/N-ethyl adjacent to an activating group) is 1. The number of nitrogens with zero attached hydrogens (tertiary/aromatic N) is 1. The van der Waals surface area contributed by atoms with Crippen molar-refractivity contribution in [3.8, 4) is 0 Å². The molecule has 4 heteroatoms. The molecule has 1 saturated heterocycles. The number of aliphatic carboxylic acids is 1. The highest BCUT2D eigenvalue weighted by Crippen LogP contribution is 2.24. The minimum absolute atomic E-state index is 0.439. The molecule has 2 atom stereocenters. The van der Waals surface area contributed by atoms with E-state index in [4.69, 9.17) is 5.11 Å². The van der Waals surface area contributed by atoms with Gasteiger partial charge in [-0.1, -0.05) is 13.8 Å². The summed E-state index contributed by atoms with van der Waals surface area (Å²) in [6, 6.07) is -0.439. The van der Waals surface area contributed by atoms with Crippen LogP contribution in [0.15, 0.2) is 0 Å². The number of rotatable bonds is 5. The van der Waals surface area contributed by atoms with Crippen molar-refractivity contribution in [2.45, 2.75) is 39.2 Å². The first-order chi connectivity index (χ1) is 8.04. The van der Waals surface area contributed by atoms with Crippen molar-refractivity contribution in [1.82, 2.24) is 10.2 Å². The SMILES string of the molecule is CNC(CN1CCCC(C(C)C)CC1)C(=O)O. The molecule has 1 rings (SSSR count). The van der Waals surface area contributed by atoms with E-state index >= 15 is 0 Å². The molecule has 1 aliphatic heterocycles. The molecule has 0 bridgehead atoms. The average Bonchev–Trinajstić information content (AvgIpc) is 2.50. The Morgan fingerprint density at radius 1 is 1.41 bits per heavy atom. The fourth-order valence-electron chi connectivity index (χ4n) is 2.58. The van der Waals surface area contributed by atoms with E-state index in [1.54, 1.807) is 7.05 Å². The third-order valence-electron chi connectivity index (χ3n) is 3.90. The summed E-state index contributed by atoms with van der Waals surface area (Å²) in [6.07, 6.45) is 3.68. The zero-order valence-electron chi connectivity index (χ0n) is 11.3. The first-order valence-electron chi connectivity index (χ1n) is 6.67. The van der Waals surface area contributed by atoms with E-state index in [1.165, 1.54) is 19.3 Å². The highest BCUT2D eigenvalue weighted by Gasteiger charge is 2.23. The van der Waals surface area contributed by atoms with Crippen LogP contribution >= 0.6 is 0 Å². The van der Waals surface area contributed by atoms with Gasteiger partial charge in [0, 0.05) is 6.54 Å². The smallest absolute Gasteiger partial charge is 0.322 e. The minimum Gasteiger partial charge on any atom is -0.480 e. The largest absolute Gasteiger partial charge is 0.480 e. The van der Waals surface area contributed by atoms with Gasteiger partial charge in [0.2, 0.25) is 0 Å². The third-order valence-corrected chi connectivity index (χ3v) is 3.90. The average molecular weight is 242 g/mol.